The molecular formula is C10H14ClF3N2O3S. The number of aromatic nitrogens is 2. The molecule has 0 atom stereocenters. The lowest BCUT2D eigenvalue weighted by molar-refractivity contribution is -0.146. The van der Waals surface area contributed by atoms with Gasteiger partial charge in [0.25, 0.3) is 9.05 Å². The van der Waals surface area contributed by atoms with Crippen molar-refractivity contribution >= 4 is 19.7 Å². The monoisotopic (exact) mass is 334 g/mol. The second-order valence-electron chi connectivity index (χ2n) is 4.37. The van der Waals surface area contributed by atoms with Gasteiger partial charge in [-0.2, -0.15) is 18.3 Å². The summed E-state index contributed by atoms with van der Waals surface area (Å²) in [5, 5.41) is 3.96. The van der Waals surface area contributed by atoms with Crippen molar-refractivity contribution in [3.05, 3.63) is 11.9 Å². The average Bonchev–Trinajstić information content (AvgIpc) is 2.66. The van der Waals surface area contributed by atoms with Crippen LogP contribution < -0.4 is 0 Å². The van der Waals surface area contributed by atoms with Crippen LogP contribution in [0.15, 0.2) is 11.1 Å². The first-order valence-electron chi connectivity index (χ1n) is 5.68. The topological polar surface area (TPSA) is 61.2 Å². The van der Waals surface area contributed by atoms with Crippen LogP contribution in [0.1, 0.15) is 32.0 Å². The van der Waals surface area contributed by atoms with Crippen LogP contribution >= 0.6 is 10.7 Å². The Labute approximate surface area is 119 Å². The molecule has 0 aromatic carbocycles. The van der Waals surface area contributed by atoms with Crippen molar-refractivity contribution in [2.24, 2.45) is 0 Å². The summed E-state index contributed by atoms with van der Waals surface area (Å²) in [6.07, 6.45) is -4.20. The molecule has 0 saturated carbocycles. The molecule has 0 amide bonds. The maximum Gasteiger partial charge on any atom is 0.391 e. The van der Waals surface area contributed by atoms with Crippen LogP contribution in [-0.2, 0) is 20.4 Å². The van der Waals surface area contributed by atoms with Crippen molar-refractivity contribution in [3.8, 4) is 0 Å². The second kappa shape index (κ2) is 6.31. The third-order valence-corrected chi connectivity index (χ3v) is 3.70. The van der Waals surface area contributed by atoms with E-state index in [1.54, 1.807) is 13.8 Å². The molecule has 0 N–H and O–H groups in total. The highest BCUT2D eigenvalue weighted by molar-refractivity contribution is 8.13. The van der Waals surface area contributed by atoms with E-state index in [4.69, 9.17) is 15.4 Å². The molecule has 5 nitrogen and oxygen atoms in total. The summed E-state index contributed by atoms with van der Waals surface area (Å²) in [5.74, 6) is 0. The number of ether oxygens (including phenoxy) is 1. The highest BCUT2D eigenvalue weighted by atomic mass is 35.7. The fourth-order valence-corrected chi connectivity index (χ4v) is 2.34. The predicted molar refractivity (Wildman–Crippen MR) is 66.0 cm³/mol. The molecule has 0 bridgehead atoms. The molecule has 1 rings (SSSR count). The highest BCUT2D eigenvalue weighted by Gasteiger charge is 2.27. The Morgan fingerprint density at radius 3 is 2.50 bits per heavy atom. The Morgan fingerprint density at radius 2 is 2.05 bits per heavy atom. The van der Waals surface area contributed by atoms with Crippen molar-refractivity contribution in [3.63, 3.8) is 0 Å². The number of halogens is 4. The van der Waals surface area contributed by atoms with E-state index in [1.165, 1.54) is 10.9 Å². The van der Waals surface area contributed by atoms with E-state index >= 15 is 0 Å². The van der Waals surface area contributed by atoms with Crippen LogP contribution in [-0.4, -0.2) is 31.0 Å². The number of hydrogen-bond donors (Lipinski definition) is 0. The molecule has 0 radical (unpaired) electrons. The van der Waals surface area contributed by atoms with Gasteiger partial charge in [-0.3, -0.25) is 4.68 Å². The van der Waals surface area contributed by atoms with Crippen molar-refractivity contribution in [2.45, 2.75) is 44.0 Å². The van der Waals surface area contributed by atoms with E-state index in [2.05, 4.69) is 5.10 Å². The molecule has 0 aliphatic rings. The van der Waals surface area contributed by atoms with E-state index < -0.39 is 28.3 Å². The Balaban J connectivity index is 2.78. The van der Waals surface area contributed by atoms with Gasteiger partial charge in [-0.25, -0.2) is 8.42 Å². The van der Waals surface area contributed by atoms with Gasteiger partial charge in [0.05, 0.1) is 19.6 Å². The summed E-state index contributed by atoms with van der Waals surface area (Å²) in [7, 11) is 1.23. The van der Waals surface area contributed by atoms with E-state index in [9.17, 15) is 21.6 Å². The van der Waals surface area contributed by atoms with Gasteiger partial charge in [0, 0.05) is 22.9 Å². The normalized spacial score (nSPS) is 13.2. The maximum absolute atomic E-state index is 11.9. The Kier molecular flexibility index (Phi) is 5.45. The van der Waals surface area contributed by atoms with Crippen LogP contribution in [0.5, 0.6) is 0 Å². The zero-order valence-electron chi connectivity index (χ0n) is 10.8. The van der Waals surface area contributed by atoms with Gasteiger partial charge in [-0.15, -0.1) is 0 Å². The van der Waals surface area contributed by atoms with Crippen molar-refractivity contribution < 1.29 is 26.3 Å². The van der Waals surface area contributed by atoms with Crippen LogP contribution in [0.2, 0.25) is 0 Å². The van der Waals surface area contributed by atoms with Gasteiger partial charge in [-0.05, 0) is 13.8 Å². The van der Waals surface area contributed by atoms with Gasteiger partial charge in [0.2, 0.25) is 0 Å². The molecule has 0 aliphatic carbocycles. The van der Waals surface area contributed by atoms with Gasteiger partial charge in [-0.1, -0.05) is 0 Å². The molecule has 0 fully saturated rings. The second-order valence-corrected chi connectivity index (χ2v) is 6.90. The first-order chi connectivity index (χ1) is 9.00. The fraction of sp³-hybridized carbons (Fsp3) is 0.700. The lowest BCUT2D eigenvalue weighted by Gasteiger charge is -2.06. The predicted octanol–water partition coefficient (Wildman–Crippen LogP) is 2.86. The molecule has 20 heavy (non-hydrogen) atoms. The van der Waals surface area contributed by atoms with Gasteiger partial charge in [0.15, 0.2) is 0 Å². The minimum Gasteiger partial charge on any atom is -0.375 e. The number of hydrogen-bond acceptors (Lipinski definition) is 4. The summed E-state index contributed by atoms with van der Waals surface area (Å²) in [5.41, 5.74) is -0.00382. The van der Waals surface area contributed by atoms with Crippen molar-refractivity contribution in [1.29, 1.82) is 0 Å². The molecule has 1 aromatic rings. The number of alkyl halides is 3. The largest absolute Gasteiger partial charge is 0.391 e. The minimum atomic E-state index is -4.32. The highest BCUT2D eigenvalue weighted by Crippen LogP contribution is 2.23. The molecule has 0 aliphatic heterocycles. The molecule has 1 heterocycles. The Bertz CT molecular complexity index is 555. The Hall–Kier alpha value is -0.800. The molecular weight excluding hydrogens is 321 g/mol. The van der Waals surface area contributed by atoms with Crippen LogP contribution in [0.3, 0.4) is 0 Å². The van der Waals surface area contributed by atoms with E-state index in [0.717, 1.165) is 0 Å². The zero-order valence-corrected chi connectivity index (χ0v) is 12.4. The summed E-state index contributed by atoms with van der Waals surface area (Å²) >= 11 is 0. The van der Waals surface area contributed by atoms with Gasteiger partial charge >= 0.3 is 6.18 Å². The van der Waals surface area contributed by atoms with Gasteiger partial charge in [0.1, 0.15) is 10.6 Å². The maximum atomic E-state index is 11.9. The first kappa shape index (κ1) is 17.3. The Morgan fingerprint density at radius 1 is 1.45 bits per heavy atom. The molecule has 10 heteroatoms. The van der Waals surface area contributed by atoms with Gasteiger partial charge < -0.3 is 4.74 Å². The third-order valence-electron chi connectivity index (χ3n) is 2.33. The quantitative estimate of drug-likeness (QED) is 0.593. The molecule has 116 valence electrons. The smallest absolute Gasteiger partial charge is 0.375 e. The lowest BCUT2D eigenvalue weighted by atomic mass is 10.4. The summed E-state index contributed by atoms with van der Waals surface area (Å²) in [6, 6.07) is -0.115. The zero-order chi connectivity index (χ0) is 15.6. The van der Waals surface area contributed by atoms with Crippen LogP contribution in [0.25, 0.3) is 0 Å². The average molecular weight is 335 g/mol. The van der Waals surface area contributed by atoms with Crippen LogP contribution in [0, 0.1) is 0 Å². The molecule has 0 unspecified atom stereocenters. The van der Waals surface area contributed by atoms with E-state index in [1.807, 2.05) is 0 Å². The first-order valence-corrected chi connectivity index (χ1v) is 7.99. The van der Waals surface area contributed by atoms with E-state index in [0.29, 0.717) is 0 Å². The third kappa shape index (κ3) is 5.29. The standard InChI is InChI=1S/C10H14ClF3N2O3S/c1-7(2)16-5-9(20(11,17)18)8(15-16)6-19-4-3-10(12,13)14/h5,7H,3-4,6H2,1-2H3. The number of rotatable bonds is 6. The van der Waals surface area contributed by atoms with Crippen LogP contribution in [0.4, 0.5) is 13.2 Å². The number of nitrogens with zero attached hydrogens (tertiary/aromatic N) is 2. The molecule has 0 saturated heterocycles. The van der Waals surface area contributed by atoms with Crippen molar-refractivity contribution in [1.82, 2.24) is 9.78 Å². The summed E-state index contributed by atoms with van der Waals surface area (Å²) in [6.45, 7) is 2.62. The molecule has 0 spiro atoms. The summed E-state index contributed by atoms with van der Waals surface area (Å²) in [4.78, 5) is -0.250. The van der Waals surface area contributed by atoms with Crippen molar-refractivity contribution in [2.75, 3.05) is 6.61 Å². The SMILES string of the molecule is CC(C)n1cc(S(=O)(=O)Cl)c(COCCC(F)(F)F)n1. The minimum absolute atomic E-state index is 0.00382. The molecule has 1 aromatic heterocycles. The van der Waals surface area contributed by atoms with E-state index in [-0.39, 0.29) is 23.2 Å². The summed E-state index contributed by atoms with van der Waals surface area (Å²) < 4.78 is 64.7. The lowest BCUT2D eigenvalue weighted by Crippen LogP contribution is -2.12. The fourth-order valence-electron chi connectivity index (χ4n) is 1.34.